The number of nitrogens with one attached hydrogen (secondary N) is 1. The van der Waals surface area contributed by atoms with Crippen molar-refractivity contribution in [2.24, 2.45) is 0 Å². The predicted octanol–water partition coefficient (Wildman–Crippen LogP) is 0.376. The van der Waals surface area contributed by atoms with Gasteiger partial charge in [0.1, 0.15) is 6.04 Å². The van der Waals surface area contributed by atoms with Crippen LogP contribution in [0.15, 0.2) is 0 Å². The fourth-order valence-electron chi connectivity index (χ4n) is 2.18. The highest BCUT2D eigenvalue weighted by Gasteiger charge is 2.26. The van der Waals surface area contributed by atoms with Gasteiger partial charge in [0.05, 0.1) is 19.3 Å². The summed E-state index contributed by atoms with van der Waals surface area (Å²) in [5.41, 5.74) is 0. The zero-order valence-corrected chi connectivity index (χ0v) is 13.1. The molecule has 1 aliphatic heterocycles. The zero-order chi connectivity index (χ0) is 15.7. The van der Waals surface area contributed by atoms with Gasteiger partial charge >= 0.3 is 12.0 Å². The van der Waals surface area contributed by atoms with Crippen molar-refractivity contribution >= 4 is 23.8 Å². The van der Waals surface area contributed by atoms with Gasteiger partial charge in [-0.15, -0.1) is 0 Å². The molecule has 1 aliphatic rings. The number of aliphatic hydroxyl groups excluding tert-OH is 1. The largest absolute Gasteiger partial charge is 0.480 e. The van der Waals surface area contributed by atoms with Crippen LogP contribution in [0.3, 0.4) is 0 Å². The van der Waals surface area contributed by atoms with Gasteiger partial charge in [-0.25, -0.2) is 9.59 Å². The maximum Gasteiger partial charge on any atom is 0.326 e. The Labute approximate surface area is 129 Å². The van der Waals surface area contributed by atoms with E-state index in [2.05, 4.69) is 5.32 Å². The third-order valence-electron chi connectivity index (χ3n) is 3.38. The van der Waals surface area contributed by atoms with Gasteiger partial charge in [0, 0.05) is 13.1 Å². The van der Waals surface area contributed by atoms with E-state index < -0.39 is 12.0 Å². The number of thioether (sulfide) groups is 1. The first kappa shape index (κ1) is 18.1. The van der Waals surface area contributed by atoms with Gasteiger partial charge in [-0.3, -0.25) is 0 Å². The standard InChI is InChI=1S/C13H24N2O5S/c1-21-9-4-11(12(17)18)14-13(19)15-5-2-10(3-6-15)20-8-7-16/h10-11,16H,2-9H2,1H3,(H,14,19)(H,17,18). The van der Waals surface area contributed by atoms with Crippen LogP contribution in [0.25, 0.3) is 0 Å². The molecule has 1 heterocycles. The molecular weight excluding hydrogens is 296 g/mol. The summed E-state index contributed by atoms with van der Waals surface area (Å²) in [7, 11) is 0. The Morgan fingerprint density at radius 2 is 2.10 bits per heavy atom. The molecule has 0 radical (unpaired) electrons. The number of hydrogen-bond acceptors (Lipinski definition) is 5. The molecular formula is C13H24N2O5S. The van der Waals surface area contributed by atoms with Crippen molar-refractivity contribution in [2.45, 2.75) is 31.4 Å². The minimum atomic E-state index is -1.00. The van der Waals surface area contributed by atoms with Crippen LogP contribution < -0.4 is 5.32 Å². The Hall–Kier alpha value is -0.990. The van der Waals surface area contributed by atoms with E-state index in [1.165, 1.54) is 0 Å². The van der Waals surface area contributed by atoms with Gasteiger partial charge in [0.25, 0.3) is 0 Å². The minimum absolute atomic E-state index is 0.00354. The molecule has 1 unspecified atom stereocenters. The molecule has 8 heteroatoms. The van der Waals surface area contributed by atoms with Crippen LogP contribution in [0.5, 0.6) is 0 Å². The second kappa shape index (κ2) is 9.86. The number of carbonyl (C=O) groups excluding carboxylic acids is 1. The van der Waals surface area contributed by atoms with Gasteiger partial charge in [-0.1, -0.05) is 0 Å². The molecule has 7 nitrogen and oxygen atoms in total. The van der Waals surface area contributed by atoms with Gasteiger partial charge < -0.3 is 25.2 Å². The van der Waals surface area contributed by atoms with Gasteiger partial charge in [0.2, 0.25) is 0 Å². The van der Waals surface area contributed by atoms with Crippen LogP contribution >= 0.6 is 11.8 Å². The summed E-state index contributed by atoms with van der Waals surface area (Å²) in [6.45, 7) is 1.39. The Morgan fingerprint density at radius 1 is 1.43 bits per heavy atom. The Balaban J connectivity index is 2.36. The first-order valence-corrected chi connectivity index (χ1v) is 8.47. The van der Waals surface area contributed by atoms with E-state index in [-0.39, 0.29) is 18.7 Å². The molecule has 0 aromatic rings. The molecule has 0 aromatic heterocycles. The highest BCUT2D eigenvalue weighted by molar-refractivity contribution is 7.98. The molecule has 3 N–H and O–H groups in total. The molecule has 1 atom stereocenters. The van der Waals surface area contributed by atoms with Crippen LogP contribution in [0.4, 0.5) is 4.79 Å². The van der Waals surface area contributed by atoms with Crippen molar-refractivity contribution in [1.82, 2.24) is 10.2 Å². The van der Waals surface area contributed by atoms with Crippen LogP contribution in [0, 0.1) is 0 Å². The van der Waals surface area contributed by atoms with Crippen molar-refractivity contribution in [1.29, 1.82) is 0 Å². The summed E-state index contributed by atoms with van der Waals surface area (Å²) in [5.74, 6) is -0.313. The number of hydrogen-bond donors (Lipinski definition) is 3. The topological polar surface area (TPSA) is 99.1 Å². The number of nitrogens with zero attached hydrogens (tertiary/aromatic N) is 1. The first-order valence-electron chi connectivity index (χ1n) is 7.08. The average Bonchev–Trinajstić information content (AvgIpc) is 2.49. The Bertz CT molecular complexity index is 335. The molecule has 0 spiro atoms. The summed E-state index contributed by atoms with van der Waals surface area (Å²) in [5, 5.41) is 20.4. The normalized spacial score (nSPS) is 17.5. The monoisotopic (exact) mass is 320 g/mol. The lowest BCUT2D eigenvalue weighted by Crippen LogP contribution is -2.51. The molecule has 0 bridgehead atoms. The number of rotatable bonds is 8. The lowest BCUT2D eigenvalue weighted by Gasteiger charge is -2.32. The molecule has 0 aliphatic carbocycles. The molecule has 0 aromatic carbocycles. The fraction of sp³-hybridized carbons (Fsp3) is 0.846. The van der Waals surface area contributed by atoms with Crippen molar-refractivity contribution in [3.05, 3.63) is 0 Å². The number of carbonyl (C=O) groups is 2. The number of aliphatic carboxylic acids is 1. The maximum absolute atomic E-state index is 12.1. The highest BCUT2D eigenvalue weighted by atomic mass is 32.2. The number of urea groups is 1. The lowest BCUT2D eigenvalue weighted by molar-refractivity contribution is -0.139. The van der Waals surface area contributed by atoms with Gasteiger partial charge in [-0.05, 0) is 31.3 Å². The van der Waals surface area contributed by atoms with Gasteiger partial charge in [0.15, 0.2) is 0 Å². The third-order valence-corrected chi connectivity index (χ3v) is 4.02. The van der Waals surface area contributed by atoms with E-state index in [9.17, 15) is 9.59 Å². The van der Waals surface area contributed by atoms with Crippen LogP contribution in [0.1, 0.15) is 19.3 Å². The predicted molar refractivity (Wildman–Crippen MR) is 80.6 cm³/mol. The summed E-state index contributed by atoms with van der Waals surface area (Å²) < 4.78 is 5.43. The van der Waals surface area contributed by atoms with Crippen molar-refractivity contribution < 1.29 is 24.5 Å². The maximum atomic E-state index is 12.1. The second-order valence-corrected chi connectivity index (χ2v) is 5.89. The van der Waals surface area contributed by atoms with E-state index in [0.29, 0.717) is 44.7 Å². The lowest BCUT2D eigenvalue weighted by atomic mass is 10.1. The number of aliphatic hydroxyl groups is 1. The number of carboxylic acid groups (broad SMARTS) is 1. The summed E-state index contributed by atoms with van der Waals surface area (Å²) in [6, 6.07) is -1.17. The van der Waals surface area contributed by atoms with Crippen molar-refractivity contribution in [2.75, 3.05) is 38.3 Å². The third kappa shape index (κ3) is 6.54. The van der Waals surface area contributed by atoms with Crippen LogP contribution in [0.2, 0.25) is 0 Å². The first-order chi connectivity index (χ1) is 10.1. The Kier molecular flexibility index (Phi) is 8.48. The summed E-state index contributed by atoms with van der Waals surface area (Å²) in [4.78, 5) is 24.8. The van der Waals surface area contributed by atoms with E-state index in [4.69, 9.17) is 14.9 Å². The fourth-order valence-corrected chi connectivity index (χ4v) is 2.65. The second-order valence-electron chi connectivity index (χ2n) is 4.90. The van der Waals surface area contributed by atoms with Crippen LogP contribution in [-0.4, -0.2) is 77.6 Å². The van der Waals surface area contributed by atoms with E-state index in [0.717, 1.165) is 0 Å². The molecule has 1 rings (SSSR count). The number of ether oxygens (including phenoxy) is 1. The van der Waals surface area contributed by atoms with E-state index >= 15 is 0 Å². The Morgan fingerprint density at radius 3 is 2.62 bits per heavy atom. The summed E-state index contributed by atoms with van der Waals surface area (Å²) >= 11 is 1.55. The van der Waals surface area contributed by atoms with E-state index in [1.807, 2.05) is 6.26 Å². The van der Waals surface area contributed by atoms with Crippen molar-refractivity contribution in [3.63, 3.8) is 0 Å². The summed E-state index contributed by atoms with van der Waals surface area (Å²) in [6.07, 6.45) is 3.79. The number of carboxylic acids is 1. The minimum Gasteiger partial charge on any atom is -0.480 e. The number of likely N-dealkylation sites (tertiary alicyclic amines) is 1. The number of amides is 2. The highest BCUT2D eigenvalue weighted by Crippen LogP contribution is 2.14. The van der Waals surface area contributed by atoms with Gasteiger partial charge in [-0.2, -0.15) is 11.8 Å². The SMILES string of the molecule is CSCCC(NC(=O)N1CCC(OCCO)CC1)C(=O)O. The van der Waals surface area contributed by atoms with Crippen LogP contribution in [-0.2, 0) is 9.53 Å². The molecule has 0 saturated carbocycles. The molecule has 21 heavy (non-hydrogen) atoms. The van der Waals surface area contributed by atoms with E-state index in [1.54, 1.807) is 16.7 Å². The number of piperidine rings is 1. The average molecular weight is 320 g/mol. The quantitative estimate of drug-likeness (QED) is 0.598. The molecule has 2 amide bonds. The smallest absolute Gasteiger partial charge is 0.326 e. The molecule has 1 saturated heterocycles. The zero-order valence-electron chi connectivity index (χ0n) is 12.3. The molecule has 122 valence electrons. The molecule has 1 fully saturated rings. The van der Waals surface area contributed by atoms with Crippen molar-refractivity contribution in [3.8, 4) is 0 Å².